The Bertz CT molecular complexity index is 1120. The molecule has 27 heavy (non-hydrogen) atoms. The predicted octanol–water partition coefficient (Wildman–Crippen LogP) is 5.41. The molecule has 0 fully saturated rings. The van der Waals surface area contributed by atoms with E-state index in [1.807, 2.05) is 55.5 Å². The lowest BCUT2D eigenvalue weighted by Gasteiger charge is -2.13. The second kappa shape index (κ2) is 7.21. The van der Waals surface area contributed by atoms with Crippen molar-refractivity contribution >= 4 is 34.0 Å². The third kappa shape index (κ3) is 3.55. The van der Waals surface area contributed by atoms with Crippen molar-refractivity contribution in [2.24, 2.45) is 0 Å². The highest BCUT2D eigenvalue weighted by Gasteiger charge is 2.12. The summed E-state index contributed by atoms with van der Waals surface area (Å²) >= 11 is 6.37. The molecule has 1 N–H and O–H groups in total. The van der Waals surface area contributed by atoms with Gasteiger partial charge in [0.2, 0.25) is 0 Å². The first-order chi connectivity index (χ1) is 13.1. The predicted molar refractivity (Wildman–Crippen MR) is 109 cm³/mol. The fourth-order valence-corrected chi connectivity index (χ4v) is 2.98. The molecular weight excluding hydrogens is 360 g/mol. The molecule has 0 aliphatic rings. The van der Waals surface area contributed by atoms with Crippen molar-refractivity contribution in [2.75, 3.05) is 12.4 Å². The number of ether oxygens (including phenoxy) is 1. The Hall–Kier alpha value is -3.18. The summed E-state index contributed by atoms with van der Waals surface area (Å²) in [6.45, 7) is 2.02. The van der Waals surface area contributed by atoms with Crippen LogP contribution in [0.5, 0.6) is 5.75 Å². The van der Waals surface area contributed by atoms with Crippen molar-refractivity contribution in [1.29, 1.82) is 0 Å². The van der Waals surface area contributed by atoms with E-state index >= 15 is 0 Å². The van der Waals surface area contributed by atoms with Crippen LogP contribution in [0, 0.1) is 6.92 Å². The molecule has 0 bridgehead atoms. The molecule has 4 aromatic rings. The molecule has 0 amide bonds. The standard InChI is InChI=1S/C21H17ClN4O/c1-13-5-7-17(22)19(10-13)25-21-16-11-15(27-2)6-8-18(16)24-20(26-21)14-4-3-9-23-12-14/h3-12H,1-2H3,(H,24,25,26). The number of methoxy groups -OCH3 is 1. The summed E-state index contributed by atoms with van der Waals surface area (Å²) in [7, 11) is 1.64. The van der Waals surface area contributed by atoms with Crippen LogP contribution in [-0.2, 0) is 0 Å². The fraction of sp³-hybridized carbons (Fsp3) is 0.0952. The lowest BCUT2D eigenvalue weighted by atomic mass is 10.2. The zero-order valence-corrected chi connectivity index (χ0v) is 15.7. The van der Waals surface area contributed by atoms with E-state index in [0.29, 0.717) is 16.7 Å². The molecule has 0 saturated heterocycles. The summed E-state index contributed by atoms with van der Waals surface area (Å²) in [5.74, 6) is 1.98. The summed E-state index contributed by atoms with van der Waals surface area (Å²) in [5, 5.41) is 4.83. The summed E-state index contributed by atoms with van der Waals surface area (Å²) in [5.41, 5.74) is 3.53. The monoisotopic (exact) mass is 376 g/mol. The summed E-state index contributed by atoms with van der Waals surface area (Å²) in [4.78, 5) is 13.6. The van der Waals surface area contributed by atoms with Crippen LogP contribution in [0.25, 0.3) is 22.3 Å². The molecule has 0 radical (unpaired) electrons. The van der Waals surface area contributed by atoms with E-state index < -0.39 is 0 Å². The summed E-state index contributed by atoms with van der Waals surface area (Å²) < 4.78 is 5.37. The molecule has 0 spiro atoms. The summed E-state index contributed by atoms with van der Waals surface area (Å²) in [6.07, 6.45) is 3.47. The fourth-order valence-electron chi connectivity index (χ4n) is 2.82. The number of nitrogens with zero attached hydrogens (tertiary/aromatic N) is 3. The Kier molecular flexibility index (Phi) is 4.60. The largest absolute Gasteiger partial charge is 0.497 e. The highest BCUT2D eigenvalue weighted by Crippen LogP contribution is 2.32. The van der Waals surface area contributed by atoms with Gasteiger partial charge in [0.25, 0.3) is 0 Å². The maximum absolute atomic E-state index is 6.37. The van der Waals surface area contributed by atoms with Crippen molar-refractivity contribution in [3.63, 3.8) is 0 Å². The molecule has 2 aromatic heterocycles. The molecule has 5 nitrogen and oxygen atoms in total. The van der Waals surface area contributed by atoms with Gasteiger partial charge in [0, 0.05) is 23.3 Å². The van der Waals surface area contributed by atoms with Crippen LogP contribution in [0.15, 0.2) is 60.9 Å². The molecule has 0 aliphatic heterocycles. The van der Waals surface area contributed by atoms with Gasteiger partial charge in [-0.2, -0.15) is 0 Å². The molecule has 0 saturated carbocycles. The number of hydrogen-bond donors (Lipinski definition) is 1. The zero-order chi connectivity index (χ0) is 18.8. The number of halogens is 1. The van der Waals surface area contributed by atoms with Crippen LogP contribution in [0.2, 0.25) is 5.02 Å². The Morgan fingerprint density at radius 3 is 2.70 bits per heavy atom. The quantitative estimate of drug-likeness (QED) is 0.516. The SMILES string of the molecule is COc1ccc2nc(-c3cccnc3)nc(Nc3cc(C)ccc3Cl)c2c1. The van der Waals surface area contributed by atoms with Gasteiger partial charge in [-0.15, -0.1) is 0 Å². The minimum absolute atomic E-state index is 0.590. The lowest BCUT2D eigenvalue weighted by Crippen LogP contribution is -2.00. The Balaban J connectivity index is 1.91. The van der Waals surface area contributed by atoms with Gasteiger partial charge in [-0.05, 0) is 55.0 Å². The normalized spacial score (nSPS) is 10.8. The minimum atomic E-state index is 0.590. The van der Waals surface area contributed by atoms with E-state index in [4.69, 9.17) is 21.3 Å². The van der Waals surface area contributed by atoms with Gasteiger partial charge in [0.05, 0.1) is 23.3 Å². The molecule has 0 atom stereocenters. The van der Waals surface area contributed by atoms with Crippen molar-refractivity contribution in [1.82, 2.24) is 15.0 Å². The average molecular weight is 377 g/mol. The van der Waals surface area contributed by atoms with Crippen molar-refractivity contribution in [3.8, 4) is 17.1 Å². The average Bonchev–Trinajstić information content (AvgIpc) is 2.71. The van der Waals surface area contributed by atoms with Crippen molar-refractivity contribution in [3.05, 3.63) is 71.5 Å². The highest BCUT2D eigenvalue weighted by molar-refractivity contribution is 6.33. The van der Waals surface area contributed by atoms with Crippen LogP contribution in [-0.4, -0.2) is 22.1 Å². The van der Waals surface area contributed by atoms with E-state index in [-0.39, 0.29) is 0 Å². The van der Waals surface area contributed by atoms with Crippen LogP contribution in [0.4, 0.5) is 11.5 Å². The number of aryl methyl sites for hydroxylation is 1. The second-order valence-corrected chi connectivity index (χ2v) is 6.54. The Morgan fingerprint density at radius 2 is 1.93 bits per heavy atom. The van der Waals surface area contributed by atoms with Crippen LogP contribution in [0.3, 0.4) is 0 Å². The molecule has 134 valence electrons. The van der Waals surface area contributed by atoms with Gasteiger partial charge in [0.1, 0.15) is 11.6 Å². The van der Waals surface area contributed by atoms with Gasteiger partial charge >= 0.3 is 0 Å². The van der Waals surface area contributed by atoms with Gasteiger partial charge < -0.3 is 10.1 Å². The van der Waals surface area contributed by atoms with Crippen molar-refractivity contribution in [2.45, 2.75) is 6.92 Å². The second-order valence-electron chi connectivity index (χ2n) is 6.13. The Morgan fingerprint density at radius 1 is 1.04 bits per heavy atom. The topological polar surface area (TPSA) is 59.9 Å². The molecular formula is C21H17ClN4O. The molecule has 0 aliphatic carbocycles. The third-order valence-electron chi connectivity index (χ3n) is 4.20. The van der Waals surface area contributed by atoms with E-state index in [1.54, 1.807) is 19.5 Å². The maximum Gasteiger partial charge on any atom is 0.163 e. The molecule has 2 aromatic carbocycles. The van der Waals surface area contributed by atoms with Crippen LogP contribution >= 0.6 is 11.6 Å². The van der Waals surface area contributed by atoms with E-state index in [1.165, 1.54) is 0 Å². The smallest absolute Gasteiger partial charge is 0.163 e. The zero-order valence-electron chi connectivity index (χ0n) is 14.9. The number of fused-ring (bicyclic) bond motifs is 1. The Labute approximate surface area is 162 Å². The van der Waals surface area contributed by atoms with E-state index in [2.05, 4.69) is 15.3 Å². The first-order valence-electron chi connectivity index (χ1n) is 8.43. The van der Waals surface area contributed by atoms with Gasteiger partial charge in [-0.25, -0.2) is 9.97 Å². The third-order valence-corrected chi connectivity index (χ3v) is 4.53. The van der Waals surface area contributed by atoms with Gasteiger partial charge in [0.15, 0.2) is 5.82 Å². The molecule has 4 rings (SSSR count). The first-order valence-corrected chi connectivity index (χ1v) is 8.81. The van der Waals surface area contributed by atoms with Crippen molar-refractivity contribution < 1.29 is 4.74 Å². The number of hydrogen-bond acceptors (Lipinski definition) is 5. The summed E-state index contributed by atoms with van der Waals surface area (Å²) in [6, 6.07) is 15.3. The maximum atomic E-state index is 6.37. The van der Waals surface area contributed by atoms with E-state index in [0.717, 1.165) is 33.5 Å². The minimum Gasteiger partial charge on any atom is -0.497 e. The lowest BCUT2D eigenvalue weighted by molar-refractivity contribution is 0.415. The number of rotatable bonds is 4. The van der Waals surface area contributed by atoms with E-state index in [9.17, 15) is 0 Å². The van der Waals surface area contributed by atoms with Crippen LogP contribution in [0.1, 0.15) is 5.56 Å². The van der Waals surface area contributed by atoms with Gasteiger partial charge in [-0.3, -0.25) is 4.98 Å². The number of nitrogens with one attached hydrogen (secondary N) is 1. The number of anilines is 2. The number of pyridine rings is 1. The van der Waals surface area contributed by atoms with Gasteiger partial charge in [-0.1, -0.05) is 17.7 Å². The molecule has 6 heteroatoms. The first kappa shape index (κ1) is 17.2. The molecule has 0 unspecified atom stereocenters. The number of aromatic nitrogens is 3. The molecule has 2 heterocycles. The highest BCUT2D eigenvalue weighted by atomic mass is 35.5. The number of benzene rings is 2. The van der Waals surface area contributed by atoms with Crippen LogP contribution < -0.4 is 10.1 Å².